The summed E-state index contributed by atoms with van der Waals surface area (Å²) >= 11 is 0. The van der Waals surface area contributed by atoms with E-state index < -0.39 is 5.97 Å². The molecule has 0 aromatic rings. The number of carboxylic acid groups (broad SMARTS) is 1. The Balaban J connectivity index is 1.54. The fraction of sp³-hybridized carbons (Fsp3) is 0.870. The lowest BCUT2D eigenvalue weighted by molar-refractivity contribution is -0.158. The van der Waals surface area contributed by atoms with Gasteiger partial charge in [0.2, 0.25) is 0 Å². The van der Waals surface area contributed by atoms with Gasteiger partial charge in [-0.05, 0) is 79.4 Å². The van der Waals surface area contributed by atoms with Crippen molar-refractivity contribution in [1.29, 1.82) is 0 Å². The summed E-state index contributed by atoms with van der Waals surface area (Å²) in [5, 5.41) is 8.96. The van der Waals surface area contributed by atoms with Gasteiger partial charge in [0.1, 0.15) is 11.6 Å². The zero-order valence-electron chi connectivity index (χ0n) is 16.8. The Labute approximate surface area is 162 Å². The molecule has 4 aliphatic rings. The zero-order chi connectivity index (χ0) is 19.4. The second-order valence-corrected chi connectivity index (χ2v) is 10.5. The fourth-order valence-electron chi connectivity index (χ4n) is 7.81. The van der Waals surface area contributed by atoms with Gasteiger partial charge in [0.05, 0.1) is 0 Å². The summed E-state index contributed by atoms with van der Waals surface area (Å²) in [7, 11) is 0. The molecule has 0 aromatic heterocycles. The van der Waals surface area contributed by atoms with E-state index in [0.29, 0.717) is 48.6 Å². The van der Waals surface area contributed by atoms with Gasteiger partial charge in [-0.3, -0.25) is 14.4 Å². The SMILES string of the molecule is CC12CCC3C(C(=O)CC4CC(=O)CCC43C)C1CCC2CCCC(=O)O. The first-order valence-corrected chi connectivity index (χ1v) is 11.0. The third-order valence-corrected chi connectivity index (χ3v) is 9.43. The quantitative estimate of drug-likeness (QED) is 0.777. The Bertz CT molecular complexity index is 655. The summed E-state index contributed by atoms with van der Waals surface area (Å²) in [4.78, 5) is 36.1. The highest BCUT2D eigenvalue weighted by molar-refractivity contribution is 5.86. The van der Waals surface area contributed by atoms with Crippen LogP contribution in [0.2, 0.25) is 0 Å². The average Bonchev–Trinajstić information content (AvgIpc) is 2.93. The molecule has 0 saturated heterocycles. The first-order chi connectivity index (χ1) is 12.8. The van der Waals surface area contributed by atoms with Gasteiger partial charge in [0, 0.05) is 31.6 Å². The second kappa shape index (κ2) is 6.70. The molecule has 4 saturated carbocycles. The van der Waals surface area contributed by atoms with E-state index in [1.165, 1.54) is 6.42 Å². The van der Waals surface area contributed by atoms with Crippen LogP contribution in [0.3, 0.4) is 0 Å². The number of carbonyl (C=O) groups excluding carboxylic acids is 2. The number of hydrogen-bond donors (Lipinski definition) is 1. The van der Waals surface area contributed by atoms with Gasteiger partial charge in [-0.15, -0.1) is 0 Å². The third-order valence-electron chi connectivity index (χ3n) is 9.43. The van der Waals surface area contributed by atoms with Crippen molar-refractivity contribution < 1.29 is 19.5 Å². The van der Waals surface area contributed by atoms with Crippen LogP contribution in [0.25, 0.3) is 0 Å². The maximum Gasteiger partial charge on any atom is 0.303 e. The van der Waals surface area contributed by atoms with E-state index in [0.717, 1.165) is 38.5 Å². The number of aliphatic carboxylic acids is 1. The van der Waals surface area contributed by atoms with Gasteiger partial charge < -0.3 is 5.11 Å². The van der Waals surface area contributed by atoms with Crippen molar-refractivity contribution in [2.75, 3.05) is 0 Å². The minimum Gasteiger partial charge on any atom is -0.481 e. The van der Waals surface area contributed by atoms with Gasteiger partial charge in [-0.25, -0.2) is 0 Å². The van der Waals surface area contributed by atoms with Crippen LogP contribution >= 0.6 is 0 Å². The summed E-state index contributed by atoms with van der Waals surface area (Å²) in [6, 6.07) is 0. The zero-order valence-corrected chi connectivity index (χ0v) is 16.8. The first kappa shape index (κ1) is 19.1. The number of fused-ring (bicyclic) bond motifs is 5. The van der Waals surface area contributed by atoms with E-state index in [1.54, 1.807) is 0 Å². The van der Waals surface area contributed by atoms with E-state index in [2.05, 4.69) is 13.8 Å². The number of Topliss-reactive ketones (excluding diaryl/α,β-unsaturated/α-hetero) is 2. The van der Waals surface area contributed by atoms with Crippen molar-refractivity contribution in [3.63, 3.8) is 0 Å². The molecule has 4 nitrogen and oxygen atoms in total. The highest BCUT2D eigenvalue weighted by Gasteiger charge is 2.62. The fourth-order valence-corrected chi connectivity index (χ4v) is 7.81. The Hall–Kier alpha value is -1.19. The predicted octanol–water partition coefficient (Wildman–Crippen LogP) is 4.65. The molecule has 0 bridgehead atoms. The van der Waals surface area contributed by atoms with Crippen molar-refractivity contribution >= 4 is 17.5 Å². The van der Waals surface area contributed by atoms with E-state index in [-0.39, 0.29) is 29.1 Å². The Morgan fingerprint density at radius 3 is 2.52 bits per heavy atom. The number of rotatable bonds is 4. The number of carboxylic acids is 1. The lowest BCUT2D eigenvalue weighted by Crippen LogP contribution is -2.56. The third kappa shape index (κ3) is 2.98. The minimum absolute atomic E-state index is 0.162. The molecule has 0 aliphatic heterocycles. The van der Waals surface area contributed by atoms with Crippen molar-refractivity contribution in [3.8, 4) is 0 Å². The monoisotopic (exact) mass is 374 g/mol. The standard InChI is InChI=1S/C23H34O4/c1-22-11-9-18-21(17(22)7-6-14(22)4-3-5-20(26)27)19(25)13-15-12-16(24)8-10-23(15,18)2/h14-15,17-18,21H,3-13H2,1-2H3,(H,26,27). The highest BCUT2D eigenvalue weighted by atomic mass is 16.4. The first-order valence-electron chi connectivity index (χ1n) is 11.0. The van der Waals surface area contributed by atoms with Crippen LogP contribution in [0.1, 0.15) is 84.5 Å². The Morgan fingerprint density at radius 1 is 1.04 bits per heavy atom. The summed E-state index contributed by atoms with van der Waals surface area (Å²) in [6.45, 7) is 4.76. The van der Waals surface area contributed by atoms with Crippen LogP contribution in [0.4, 0.5) is 0 Å². The molecule has 4 rings (SSSR count). The summed E-state index contributed by atoms with van der Waals surface area (Å²) < 4.78 is 0. The van der Waals surface area contributed by atoms with E-state index >= 15 is 0 Å². The highest BCUT2D eigenvalue weighted by Crippen LogP contribution is 2.66. The molecule has 4 fully saturated rings. The largest absolute Gasteiger partial charge is 0.481 e. The minimum atomic E-state index is -0.702. The van der Waals surface area contributed by atoms with Crippen LogP contribution in [0.5, 0.6) is 0 Å². The summed E-state index contributed by atoms with van der Waals surface area (Å²) in [5.41, 5.74) is 0.359. The maximum absolute atomic E-state index is 13.2. The van der Waals surface area contributed by atoms with Crippen molar-refractivity contribution in [2.45, 2.75) is 84.5 Å². The van der Waals surface area contributed by atoms with Gasteiger partial charge in [0.25, 0.3) is 0 Å². The van der Waals surface area contributed by atoms with E-state index in [9.17, 15) is 14.4 Å². The molecular formula is C23H34O4. The molecule has 150 valence electrons. The predicted molar refractivity (Wildman–Crippen MR) is 102 cm³/mol. The van der Waals surface area contributed by atoms with E-state index in [4.69, 9.17) is 5.11 Å². The molecule has 0 heterocycles. The molecule has 1 N–H and O–H groups in total. The second-order valence-electron chi connectivity index (χ2n) is 10.5. The van der Waals surface area contributed by atoms with Crippen LogP contribution in [-0.2, 0) is 14.4 Å². The molecule has 4 aliphatic carbocycles. The van der Waals surface area contributed by atoms with E-state index in [1.807, 2.05) is 0 Å². The smallest absolute Gasteiger partial charge is 0.303 e. The molecular weight excluding hydrogens is 340 g/mol. The van der Waals surface area contributed by atoms with Gasteiger partial charge >= 0.3 is 5.97 Å². The average molecular weight is 375 g/mol. The number of carbonyl (C=O) groups is 3. The normalized spacial score (nSPS) is 46.5. The number of ketones is 2. The molecule has 0 aromatic carbocycles. The Kier molecular flexibility index (Phi) is 4.75. The molecule has 7 unspecified atom stereocenters. The lowest BCUT2D eigenvalue weighted by Gasteiger charge is -2.59. The number of hydrogen-bond acceptors (Lipinski definition) is 3. The van der Waals surface area contributed by atoms with Crippen LogP contribution < -0.4 is 0 Å². The molecule has 4 heteroatoms. The molecule has 0 radical (unpaired) electrons. The Morgan fingerprint density at radius 2 is 1.78 bits per heavy atom. The molecule has 27 heavy (non-hydrogen) atoms. The topological polar surface area (TPSA) is 71.4 Å². The van der Waals surface area contributed by atoms with Crippen LogP contribution in [-0.4, -0.2) is 22.6 Å². The van der Waals surface area contributed by atoms with Gasteiger partial charge in [0.15, 0.2) is 0 Å². The molecule has 0 amide bonds. The van der Waals surface area contributed by atoms with Crippen LogP contribution in [0.15, 0.2) is 0 Å². The van der Waals surface area contributed by atoms with Crippen molar-refractivity contribution in [1.82, 2.24) is 0 Å². The lowest BCUT2D eigenvalue weighted by atomic mass is 9.44. The molecule has 0 spiro atoms. The molecule has 7 atom stereocenters. The van der Waals surface area contributed by atoms with Gasteiger partial charge in [-0.2, -0.15) is 0 Å². The summed E-state index contributed by atoms with van der Waals surface area (Å²) in [5.74, 6) is 2.01. The van der Waals surface area contributed by atoms with Gasteiger partial charge in [-0.1, -0.05) is 13.8 Å². The summed E-state index contributed by atoms with van der Waals surface area (Å²) in [6.07, 6.45) is 9.45. The van der Waals surface area contributed by atoms with Crippen LogP contribution in [0, 0.1) is 40.4 Å². The van der Waals surface area contributed by atoms with Crippen molar-refractivity contribution in [3.05, 3.63) is 0 Å². The van der Waals surface area contributed by atoms with Crippen molar-refractivity contribution in [2.24, 2.45) is 40.4 Å². The maximum atomic E-state index is 13.2.